The third-order valence-corrected chi connectivity index (χ3v) is 5.49. The van der Waals surface area contributed by atoms with Crippen molar-refractivity contribution in [2.45, 2.75) is 31.7 Å². The van der Waals surface area contributed by atoms with Gasteiger partial charge in [0.05, 0.1) is 5.69 Å². The number of carbonyl (C=O) groups excluding carboxylic acids is 1. The molecule has 2 fully saturated rings. The molecule has 0 radical (unpaired) electrons. The minimum Gasteiger partial charge on any atom is -0.319 e. The molecule has 2 unspecified atom stereocenters. The van der Waals surface area contributed by atoms with Crippen molar-refractivity contribution in [1.29, 1.82) is 0 Å². The largest absolute Gasteiger partial charge is 0.323 e. The molecule has 1 aliphatic carbocycles. The number of urea groups is 1. The Kier molecular flexibility index (Phi) is 2.73. The van der Waals surface area contributed by atoms with Gasteiger partial charge >= 0.3 is 6.03 Å². The summed E-state index contributed by atoms with van der Waals surface area (Å²) in [4.78, 5) is 22.7. The minimum atomic E-state index is 0.0407. The summed E-state index contributed by atoms with van der Waals surface area (Å²) in [6.45, 7) is 4.04. The molecule has 3 aliphatic rings. The molecule has 2 aliphatic heterocycles. The first kappa shape index (κ1) is 11.7. The molecule has 2 atom stereocenters. The fourth-order valence-electron chi connectivity index (χ4n) is 3.38. The highest BCUT2D eigenvalue weighted by Crippen LogP contribution is 2.31. The lowest BCUT2D eigenvalue weighted by molar-refractivity contribution is 0.153. The highest BCUT2D eigenvalue weighted by atomic mass is 32.1. The fourth-order valence-corrected chi connectivity index (χ4v) is 4.42. The van der Waals surface area contributed by atoms with Crippen molar-refractivity contribution in [2.24, 2.45) is 0 Å². The van der Waals surface area contributed by atoms with Crippen molar-refractivity contribution in [3.63, 3.8) is 0 Å². The van der Waals surface area contributed by atoms with Crippen molar-refractivity contribution < 1.29 is 4.79 Å². The van der Waals surface area contributed by atoms with Crippen molar-refractivity contribution in [1.82, 2.24) is 14.8 Å². The first-order valence-electron chi connectivity index (χ1n) is 7.08. The zero-order valence-electron chi connectivity index (χ0n) is 10.9. The number of anilines is 1. The molecule has 0 spiro atoms. The number of fused-ring (bicyclic) bond motifs is 3. The van der Waals surface area contributed by atoms with Crippen molar-refractivity contribution in [3.8, 4) is 0 Å². The quantitative estimate of drug-likeness (QED) is 0.848. The molecule has 102 valence electrons. The lowest BCUT2D eigenvalue weighted by Gasteiger charge is -2.34. The van der Waals surface area contributed by atoms with Crippen molar-refractivity contribution in [3.05, 3.63) is 10.6 Å². The van der Waals surface area contributed by atoms with Crippen LogP contribution in [0.1, 0.15) is 23.4 Å². The van der Waals surface area contributed by atoms with Crippen molar-refractivity contribution in [2.75, 3.05) is 31.5 Å². The number of rotatable bonds is 1. The van der Waals surface area contributed by atoms with E-state index in [0.29, 0.717) is 6.04 Å². The average molecular weight is 278 g/mol. The molecule has 1 N–H and O–H groups in total. The van der Waals surface area contributed by atoms with Crippen LogP contribution in [0.5, 0.6) is 0 Å². The van der Waals surface area contributed by atoms with Crippen LogP contribution in [0.2, 0.25) is 0 Å². The molecule has 6 heteroatoms. The Balaban J connectivity index is 1.45. The van der Waals surface area contributed by atoms with Gasteiger partial charge in [-0.2, -0.15) is 0 Å². The van der Waals surface area contributed by atoms with E-state index >= 15 is 0 Å². The van der Waals surface area contributed by atoms with Gasteiger partial charge in [0.15, 0.2) is 5.13 Å². The monoisotopic (exact) mass is 278 g/mol. The molecule has 1 aromatic rings. The van der Waals surface area contributed by atoms with Crippen LogP contribution >= 0.6 is 11.3 Å². The van der Waals surface area contributed by atoms with Crippen LogP contribution in [-0.4, -0.2) is 53.0 Å². The lowest BCUT2D eigenvalue weighted by Crippen LogP contribution is -2.51. The maximum atomic E-state index is 12.3. The topological polar surface area (TPSA) is 48.5 Å². The molecule has 5 nitrogen and oxygen atoms in total. The SMILES string of the molecule is O=C(Nc1nc2c(s1)CCC2)N1CCN2CCC1C2. The van der Waals surface area contributed by atoms with E-state index in [0.717, 1.165) is 50.6 Å². The third kappa shape index (κ3) is 2.03. The van der Waals surface area contributed by atoms with E-state index < -0.39 is 0 Å². The molecule has 0 aromatic carbocycles. The summed E-state index contributed by atoms with van der Waals surface area (Å²) in [5, 5.41) is 3.79. The van der Waals surface area contributed by atoms with Gasteiger partial charge in [-0.3, -0.25) is 10.2 Å². The second-order valence-corrected chi connectivity index (χ2v) is 6.69. The smallest absolute Gasteiger partial charge is 0.319 e. The highest BCUT2D eigenvalue weighted by Gasteiger charge is 2.35. The number of amides is 2. The van der Waals surface area contributed by atoms with Gasteiger partial charge < -0.3 is 4.90 Å². The Hall–Kier alpha value is -1.14. The molecule has 2 amide bonds. The maximum Gasteiger partial charge on any atom is 0.323 e. The van der Waals surface area contributed by atoms with Gasteiger partial charge in [-0.05, 0) is 25.7 Å². The molecule has 2 bridgehead atoms. The van der Waals surface area contributed by atoms with Crippen LogP contribution in [0.25, 0.3) is 0 Å². The number of aromatic nitrogens is 1. The van der Waals surface area contributed by atoms with Crippen LogP contribution < -0.4 is 5.32 Å². The third-order valence-electron chi connectivity index (χ3n) is 4.42. The van der Waals surface area contributed by atoms with E-state index in [1.54, 1.807) is 11.3 Å². The Morgan fingerprint density at radius 3 is 3.16 bits per heavy atom. The molecular formula is C13H18N4OS. The molecular weight excluding hydrogens is 260 g/mol. The second kappa shape index (κ2) is 4.45. The predicted octanol–water partition coefficient (Wildman–Crippen LogP) is 1.55. The number of nitrogens with zero attached hydrogens (tertiary/aromatic N) is 3. The molecule has 0 saturated carbocycles. The summed E-state index contributed by atoms with van der Waals surface area (Å²) in [6.07, 6.45) is 4.53. The van der Waals surface area contributed by atoms with Crippen LogP contribution in [0, 0.1) is 0 Å². The van der Waals surface area contributed by atoms with E-state index in [9.17, 15) is 4.79 Å². The number of hydrogen-bond acceptors (Lipinski definition) is 4. The fraction of sp³-hybridized carbons (Fsp3) is 0.692. The Labute approximate surface area is 116 Å². The van der Waals surface area contributed by atoms with Crippen LogP contribution in [0.4, 0.5) is 9.93 Å². The van der Waals surface area contributed by atoms with E-state index in [4.69, 9.17) is 0 Å². The second-order valence-electron chi connectivity index (χ2n) is 5.61. The average Bonchev–Trinajstić information content (AvgIpc) is 3.05. The van der Waals surface area contributed by atoms with Crippen LogP contribution in [-0.2, 0) is 12.8 Å². The number of hydrogen-bond donors (Lipinski definition) is 1. The van der Waals surface area contributed by atoms with E-state index in [1.165, 1.54) is 17.0 Å². The Morgan fingerprint density at radius 1 is 1.32 bits per heavy atom. The van der Waals surface area contributed by atoms with E-state index in [2.05, 4.69) is 15.2 Å². The highest BCUT2D eigenvalue weighted by molar-refractivity contribution is 7.15. The normalized spacial score (nSPS) is 28.5. The molecule has 2 saturated heterocycles. The molecule has 1 aromatic heterocycles. The first-order chi connectivity index (χ1) is 9.29. The van der Waals surface area contributed by atoms with Gasteiger partial charge in [-0.25, -0.2) is 9.78 Å². The predicted molar refractivity (Wildman–Crippen MR) is 74.7 cm³/mol. The van der Waals surface area contributed by atoms with Gasteiger partial charge in [0.25, 0.3) is 0 Å². The zero-order chi connectivity index (χ0) is 12.8. The van der Waals surface area contributed by atoms with Gasteiger partial charge in [0, 0.05) is 37.1 Å². The summed E-state index contributed by atoms with van der Waals surface area (Å²) in [5.41, 5.74) is 1.20. The van der Waals surface area contributed by atoms with E-state index in [-0.39, 0.29) is 6.03 Å². The Bertz CT molecular complexity index is 493. The molecule has 3 heterocycles. The summed E-state index contributed by atoms with van der Waals surface area (Å²) in [6, 6.07) is 0.444. The lowest BCUT2D eigenvalue weighted by atomic mass is 10.2. The van der Waals surface area contributed by atoms with Gasteiger partial charge in [0.1, 0.15) is 0 Å². The number of aryl methyl sites for hydroxylation is 2. The molecule has 19 heavy (non-hydrogen) atoms. The standard InChI is InChI=1S/C13H18N4OS/c18-13(17-7-6-16-5-4-9(17)8-16)15-12-14-10-2-1-3-11(10)19-12/h9H,1-8H2,(H,14,15,18). The number of thiazole rings is 1. The number of piperazine rings is 1. The number of carbonyl (C=O) groups is 1. The number of nitrogens with one attached hydrogen (secondary N) is 1. The first-order valence-corrected chi connectivity index (χ1v) is 7.90. The Morgan fingerprint density at radius 2 is 2.26 bits per heavy atom. The van der Waals surface area contributed by atoms with E-state index in [1.807, 2.05) is 4.90 Å². The van der Waals surface area contributed by atoms with Crippen LogP contribution in [0.15, 0.2) is 0 Å². The zero-order valence-corrected chi connectivity index (χ0v) is 11.7. The van der Waals surface area contributed by atoms with Gasteiger partial charge in [-0.15, -0.1) is 11.3 Å². The minimum absolute atomic E-state index is 0.0407. The van der Waals surface area contributed by atoms with Crippen LogP contribution in [0.3, 0.4) is 0 Å². The molecule has 4 rings (SSSR count). The van der Waals surface area contributed by atoms with Crippen molar-refractivity contribution >= 4 is 22.5 Å². The maximum absolute atomic E-state index is 12.3. The van der Waals surface area contributed by atoms with Gasteiger partial charge in [0.2, 0.25) is 0 Å². The summed E-state index contributed by atoms with van der Waals surface area (Å²) in [5.74, 6) is 0. The summed E-state index contributed by atoms with van der Waals surface area (Å²) in [7, 11) is 0. The summed E-state index contributed by atoms with van der Waals surface area (Å²) >= 11 is 1.65. The summed E-state index contributed by atoms with van der Waals surface area (Å²) < 4.78 is 0. The van der Waals surface area contributed by atoms with Gasteiger partial charge in [-0.1, -0.05) is 0 Å².